The Morgan fingerprint density at radius 1 is 1.12 bits per heavy atom. The van der Waals surface area contributed by atoms with Crippen LogP contribution in [0, 0.1) is 0 Å². The Bertz CT molecular complexity index is 1320. The molecule has 2 aromatic carbocycles. The number of aromatic nitrogens is 4. The van der Waals surface area contributed by atoms with Crippen molar-refractivity contribution in [1.82, 2.24) is 19.5 Å². The van der Waals surface area contributed by atoms with Crippen LogP contribution in [0.2, 0.25) is 5.02 Å². The van der Waals surface area contributed by atoms with Crippen LogP contribution in [0.4, 0.5) is 5.82 Å². The number of ether oxygens (including phenoxy) is 1. The van der Waals surface area contributed by atoms with Gasteiger partial charge in [-0.3, -0.25) is 0 Å². The van der Waals surface area contributed by atoms with E-state index in [-0.39, 0.29) is 6.10 Å². The molecule has 1 atom stereocenters. The molecule has 0 N–H and O–H groups in total. The summed E-state index contributed by atoms with van der Waals surface area (Å²) in [5.74, 6) is 0.987. The highest BCUT2D eigenvalue weighted by Gasteiger charge is 2.30. The Balaban J connectivity index is 1.39. The monoisotopic (exact) mass is 463 g/mol. The Morgan fingerprint density at radius 2 is 2.00 bits per heavy atom. The predicted octanol–water partition coefficient (Wildman–Crippen LogP) is 5.04. The van der Waals surface area contributed by atoms with Gasteiger partial charge in [-0.15, -0.1) is 0 Å². The van der Waals surface area contributed by atoms with E-state index in [1.54, 1.807) is 11.8 Å². The lowest BCUT2D eigenvalue weighted by atomic mass is 9.94. The fourth-order valence-corrected chi connectivity index (χ4v) is 5.41. The molecule has 0 aliphatic carbocycles. The highest BCUT2D eigenvalue weighted by Crippen LogP contribution is 2.39. The lowest BCUT2D eigenvalue weighted by Gasteiger charge is -2.33. The summed E-state index contributed by atoms with van der Waals surface area (Å²) in [6.45, 7) is 3.07. The molecule has 8 heteroatoms. The first-order chi connectivity index (χ1) is 15.7. The molecular formula is C24H22ClN5OS. The van der Waals surface area contributed by atoms with Crippen LogP contribution in [0.1, 0.15) is 28.6 Å². The zero-order chi connectivity index (χ0) is 21.7. The summed E-state index contributed by atoms with van der Waals surface area (Å²) in [5, 5.41) is 3.75. The van der Waals surface area contributed by atoms with Gasteiger partial charge in [0.25, 0.3) is 0 Å². The fraction of sp³-hybridized carbons (Fsp3) is 0.292. The second-order valence-electron chi connectivity index (χ2n) is 8.15. The van der Waals surface area contributed by atoms with Gasteiger partial charge in [0.15, 0.2) is 5.16 Å². The van der Waals surface area contributed by atoms with E-state index >= 15 is 0 Å². The number of hydrogen-bond donors (Lipinski definition) is 0. The van der Waals surface area contributed by atoms with Crippen LogP contribution < -0.4 is 4.90 Å². The average molecular weight is 464 g/mol. The highest BCUT2D eigenvalue weighted by atomic mass is 35.5. The van der Waals surface area contributed by atoms with Gasteiger partial charge in [-0.25, -0.2) is 15.0 Å². The van der Waals surface area contributed by atoms with Gasteiger partial charge in [0.05, 0.1) is 37.0 Å². The van der Waals surface area contributed by atoms with Gasteiger partial charge >= 0.3 is 0 Å². The second kappa shape index (κ2) is 8.06. The molecule has 0 unspecified atom stereocenters. The summed E-state index contributed by atoms with van der Waals surface area (Å²) in [4.78, 5) is 16.4. The maximum absolute atomic E-state index is 6.59. The van der Waals surface area contributed by atoms with Crippen molar-refractivity contribution in [1.29, 1.82) is 0 Å². The molecule has 0 saturated carbocycles. The predicted molar refractivity (Wildman–Crippen MR) is 127 cm³/mol. The molecule has 6 rings (SSSR count). The molecule has 0 spiro atoms. The smallest absolute Gasteiger partial charge is 0.189 e. The van der Waals surface area contributed by atoms with Gasteiger partial charge in [-0.1, -0.05) is 53.7 Å². The molecule has 2 aromatic heterocycles. The van der Waals surface area contributed by atoms with Gasteiger partial charge in [0.2, 0.25) is 0 Å². The van der Waals surface area contributed by atoms with Crippen molar-refractivity contribution < 1.29 is 4.74 Å². The van der Waals surface area contributed by atoms with E-state index in [1.165, 1.54) is 5.69 Å². The number of fused-ring (bicyclic) bond motifs is 3. The Hall–Kier alpha value is -2.61. The van der Waals surface area contributed by atoms with Crippen LogP contribution in [-0.2, 0) is 30.9 Å². The first-order valence-electron chi connectivity index (χ1n) is 10.7. The van der Waals surface area contributed by atoms with Crippen LogP contribution in [0.5, 0.6) is 0 Å². The number of halogens is 1. The zero-order valence-corrected chi connectivity index (χ0v) is 19.2. The number of thioether (sulfide) groups is 1. The maximum Gasteiger partial charge on any atom is 0.189 e. The Morgan fingerprint density at radius 3 is 2.88 bits per heavy atom. The molecule has 2 aliphatic rings. The third-order valence-electron chi connectivity index (χ3n) is 6.34. The number of anilines is 1. The molecule has 0 bridgehead atoms. The van der Waals surface area contributed by atoms with E-state index in [9.17, 15) is 0 Å². The standard InChI is InChI=1S/C24H22ClN5OS/c1-32-24-27-20-10-21(17-6-2-4-15-5-3-7-19(25)22(15)17)31-13-18(20)23(28-24)29-8-9-30-14-26-11-16(30)12-29/h2-7,11,14,21H,8-10,12-13H2,1H3/t21-/m0/s1. The van der Waals surface area contributed by atoms with Gasteiger partial charge in [-0.2, -0.15) is 0 Å². The van der Waals surface area contributed by atoms with E-state index in [1.807, 2.05) is 30.9 Å². The highest BCUT2D eigenvalue weighted by molar-refractivity contribution is 7.98. The van der Waals surface area contributed by atoms with Crippen molar-refractivity contribution in [2.24, 2.45) is 0 Å². The Kier molecular flexibility index (Phi) is 5.05. The van der Waals surface area contributed by atoms with Crippen LogP contribution >= 0.6 is 23.4 Å². The van der Waals surface area contributed by atoms with Crippen molar-refractivity contribution in [2.45, 2.75) is 37.4 Å². The molecule has 0 amide bonds. The van der Waals surface area contributed by atoms with E-state index in [2.05, 4.69) is 38.7 Å². The van der Waals surface area contributed by atoms with E-state index < -0.39 is 0 Å². The minimum absolute atomic E-state index is 0.0913. The minimum atomic E-state index is -0.0913. The van der Waals surface area contributed by atoms with Crippen molar-refractivity contribution in [3.05, 3.63) is 76.5 Å². The summed E-state index contributed by atoms with van der Waals surface area (Å²) < 4.78 is 8.63. The summed E-state index contributed by atoms with van der Waals surface area (Å²) in [7, 11) is 0. The second-order valence-corrected chi connectivity index (χ2v) is 9.33. The quantitative estimate of drug-likeness (QED) is 0.313. The number of hydrogen-bond acceptors (Lipinski definition) is 6. The number of imidazole rings is 1. The molecular weight excluding hydrogens is 442 g/mol. The minimum Gasteiger partial charge on any atom is -0.368 e. The molecule has 0 radical (unpaired) electrons. The van der Waals surface area contributed by atoms with Crippen molar-refractivity contribution in [3.8, 4) is 0 Å². The molecule has 32 heavy (non-hydrogen) atoms. The third kappa shape index (κ3) is 3.36. The van der Waals surface area contributed by atoms with E-state index in [0.717, 1.165) is 63.2 Å². The van der Waals surface area contributed by atoms with Crippen LogP contribution in [0.15, 0.2) is 54.1 Å². The Labute approximate surface area is 195 Å². The average Bonchev–Trinajstić information content (AvgIpc) is 3.31. The number of rotatable bonds is 3. The van der Waals surface area contributed by atoms with Crippen molar-refractivity contribution >= 4 is 40.0 Å². The molecule has 162 valence electrons. The normalized spacial score (nSPS) is 17.9. The van der Waals surface area contributed by atoms with E-state index in [0.29, 0.717) is 13.0 Å². The summed E-state index contributed by atoms with van der Waals surface area (Å²) in [6, 6.07) is 12.3. The van der Waals surface area contributed by atoms with Gasteiger partial charge in [0.1, 0.15) is 5.82 Å². The third-order valence-corrected chi connectivity index (χ3v) is 7.20. The molecule has 4 heterocycles. The summed E-state index contributed by atoms with van der Waals surface area (Å²) >= 11 is 8.17. The van der Waals surface area contributed by atoms with Crippen LogP contribution in [-0.4, -0.2) is 32.3 Å². The van der Waals surface area contributed by atoms with E-state index in [4.69, 9.17) is 26.3 Å². The zero-order valence-electron chi connectivity index (χ0n) is 17.7. The van der Waals surface area contributed by atoms with Crippen molar-refractivity contribution in [2.75, 3.05) is 17.7 Å². The number of benzene rings is 2. The summed E-state index contributed by atoms with van der Waals surface area (Å²) in [6.07, 6.45) is 6.48. The maximum atomic E-state index is 6.59. The summed E-state index contributed by atoms with van der Waals surface area (Å²) in [5.41, 5.74) is 4.48. The SMILES string of the molecule is CSc1nc2c(c(N3CCn4cncc4C3)n1)CO[C@H](c1cccc3cccc(Cl)c13)C2. The fourth-order valence-electron chi connectivity index (χ4n) is 4.74. The molecule has 2 aliphatic heterocycles. The lowest BCUT2D eigenvalue weighted by molar-refractivity contribution is 0.0266. The van der Waals surface area contributed by atoms with Crippen molar-refractivity contribution in [3.63, 3.8) is 0 Å². The van der Waals surface area contributed by atoms with Crippen LogP contribution in [0.25, 0.3) is 10.8 Å². The van der Waals surface area contributed by atoms with Gasteiger partial charge < -0.3 is 14.2 Å². The topological polar surface area (TPSA) is 56.1 Å². The number of nitrogens with zero attached hydrogens (tertiary/aromatic N) is 5. The first-order valence-corrected chi connectivity index (χ1v) is 12.3. The largest absolute Gasteiger partial charge is 0.368 e. The first kappa shape index (κ1) is 20.0. The van der Waals surface area contributed by atoms with Gasteiger partial charge in [0, 0.05) is 41.7 Å². The van der Waals surface area contributed by atoms with Crippen LogP contribution in [0.3, 0.4) is 0 Å². The molecule has 0 fully saturated rings. The molecule has 6 nitrogen and oxygen atoms in total. The lowest BCUT2D eigenvalue weighted by Crippen LogP contribution is -2.35. The van der Waals surface area contributed by atoms with Gasteiger partial charge in [-0.05, 0) is 23.3 Å². The molecule has 0 saturated heterocycles. The molecule has 4 aromatic rings.